The second-order valence-corrected chi connectivity index (χ2v) is 8.30. The van der Waals surface area contributed by atoms with E-state index in [9.17, 15) is 9.59 Å². The van der Waals surface area contributed by atoms with Crippen LogP contribution in [0.4, 0.5) is 5.69 Å². The molecule has 0 spiro atoms. The maximum atomic E-state index is 12.6. The first-order valence-electron chi connectivity index (χ1n) is 9.70. The standard InChI is InChI=1S/C21H33N5O2/c1-21(23)12-15(14-22)11-18(13-21)25-20(28)16-6-8-17(9-7-16)24-19(27)5-4-10-26(2)3/h4-9,15,18H,10-14,22-23H2,1-3H3,(H,24,27)(H,25,28)/b5-4+. The normalized spacial score (nSPS) is 25.1. The summed E-state index contributed by atoms with van der Waals surface area (Å²) in [4.78, 5) is 26.4. The van der Waals surface area contributed by atoms with E-state index >= 15 is 0 Å². The third kappa shape index (κ3) is 7.07. The number of hydrogen-bond donors (Lipinski definition) is 4. The van der Waals surface area contributed by atoms with Gasteiger partial charge in [-0.15, -0.1) is 0 Å². The summed E-state index contributed by atoms with van der Waals surface area (Å²) in [6, 6.07) is 6.89. The third-order valence-corrected chi connectivity index (χ3v) is 4.91. The SMILES string of the molecule is CN(C)C/C=C/C(=O)Nc1ccc(C(=O)NC2CC(CN)CC(C)(N)C2)cc1. The Kier molecular flexibility index (Phi) is 7.74. The molecule has 0 saturated heterocycles. The number of anilines is 1. The average molecular weight is 388 g/mol. The Labute approximate surface area is 167 Å². The summed E-state index contributed by atoms with van der Waals surface area (Å²) < 4.78 is 0. The van der Waals surface area contributed by atoms with Gasteiger partial charge in [0.25, 0.3) is 5.91 Å². The van der Waals surface area contributed by atoms with Crippen LogP contribution in [0.25, 0.3) is 0 Å². The summed E-state index contributed by atoms with van der Waals surface area (Å²) in [5.41, 5.74) is 13.0. The summed E-state index contributed by atoms with van der Waals surface area (Å²) in [5, 5.41) is 5.86. The maximum absolute atomic E-state index is 12.6. The second kappa shape index (κ2) is 9.82. The highest BCUT2D eigenvalue weighted by atomic mass is 16.2. The fourth-order valence-corrected chi connectivity index (χ4v) is 3.69. The van der Waals surface area contributed by atoms with E-state index in [1.165, 1.54) is 6.08 Å². The minimum Gasteiger partial charge on any atom is -0.349 e. The highest BCUT2D eigenvalue weighted by molar-refractivity contribution is 6.00. The van der Waals surface area contributed by atoms with Crippen LogP contribution in [-0.4, -0.2) is 55.5 Å². The van der Waals surface area contributed by atoms with Crippen LogP contribution in [0.5, 0.6) is 0 Å². The predicted octanol–water partition coefficient (Wildman–Crippen LogP) is 1.32. The van der Waals surface area contributed by atoms with E-state index in [2.05, 4.69) is 10.6 Å². The van der Waals surface area contributed by atoms with Crippen LogP contribution in [0.2, 0.25) is 0 Å². The molecular formula is C21H33N5O2. The third-order valence-electron chi connectivity index (χ3n) is 4.91. The number of rotatable bonds is 7. The van der Waals surface area contributed by atoms with Gasteiger partial charge in [0.05, 0.1) is 0 Å². The number of nitrogens with one attached hydrogen (secondary N) is 2. The molecule has 0 aliphatic heterocycles. The van der Waals surface area contributed by atoms with Gasteiger partial charge in [-0.3, -0.25) is 9.59 Å². The number of hydrogen-bond acceptors (Lipinski definition) is 5. The molecule has 7 nitrogen and oxygen atoms in total. The largest absolute Gasteiger partial charge is 0.349 e. The monoisotopic (exact) mass is 387 g/mol. The first-order valence-corrected chi connectivity index (χ1v) is 9.70. The lowest BCUT2D eigenvalue weighted by Gasteiger charge is -2.39. The topological polar surface area (TPSA) is 113 Å². The van der Waals surface area contributed by atoms with E-state index in [4.69, 9.17) is 11.5 Å². The van der Waals surface area contributed by atoms with Crippen molar-refractivity contribution >= 4 is 17.5 Å². The maximum Gasteiger partial charge on any atom is 0.251 e. The Morgan fingerprint density at radius 2 is 1.93 bits per heavy atom. The van der Waals surface area contributed by atoms with E-state index in [1.54, 1.807) is 30.3 Å². The minimum atomic E-state index is -0.311. The zero-order chi connectivity index (χ0) is 20.7. The smallest absolute Gasteiger partial charge is 0.251 e. The van der Waals surface area contributed by atoms with Crippen LogP contribution in [0.15, 0.2) is 36.4 Å². The van der Waals surface area contributed by atoms with Gasteiger partial charge >= 0.3 is 0 Å². The number of nitrogens with zero attached hydrogens (tertiary/aromatic N) is 1. The minimum absolute atomic E-state index is 0.0195. The molecule has 2 rings (SSSR count). The number of likely N-dealkylation sites (N-methyl/N-ethyl adjacent to an activating group) is 1. The van der Waals surface area contributed by atoms with Crippen molar-refractivity contribution in [2.75, 3.05) is 32.5 Å². The van der Waals surface area contributed by atoms with Crippen LogP contribution in [0, 0.1) is 5.92 Å². The number of amides is 2. The Hall–Kier alpha value is -2.22. The average Bonchev–Trinajstić information content (AvgIpc) is 2.60. The first kappa shape index (κ1) is 22.1. The Bertz CT molecular complexity index is 697. The molecule has 0 radical (unpaired) electrons. The fraction of sp³-hybridized carbons (Fsp3) is 0.524. The van der Waals surface area contributed by atoms with E-state index in [0.717, 1.165) is 19.3 Å². The molecule has 0 heterocycles. The summed E-state index contributed by atoms with van der Waals surface area (Å²) >= 11 is 0. The molecule has 1 aliphatic carbocycles. The molecule has 6 N–H and O–H groups in total. The summed E-state index contributed by atoms with van der Waals surface area (Å²) in [6.45, 7) is 3.29. The number of benzene rings is 1. The molecule has 1 saturated carbocycles. The number of carbonyl (C=O) groups excluding carboxylic acids is 2. The van der Waals surface area contributed by atoms with Crippen molar-refractivity contribution in [3.63, 3.8) is 0 Å². The van der Waals surface area contributed by atoms with Crippen molar-refractivity contribution in [1.82, 2.24) is 10.2 Å². The van der Waals surface area contributed by atoms with Gasteiger partial charge in [0.15, 0.2) is 0 Å². The number of nitrogens with two attached hydrogens (primary N) is 2. The molecule has 28 heavy (non-hydrogen) atoms. The van der Waals surface area contributed by atoms with Gasteiger partial charge in [-0.05, 0) is 77.0 Å². The first-order chi connectivity index (χ1) is 13.2. The molecule has 154 valence electrons. The zero-order valence-corrected chi connectivity index (χ0v) is 17.1. The molecule has 7 heteroatoms. The van der Waals surface area contributed by atoms with Crippen molar-refractivity contribution in [2.45, 2.75) is 37.8 Å². The van der Waals surface area contributed by atoms with Crippen molar-refractivity contribution in [3.8, 4) is 0 Å². The van der Waals surface area contributed by atoms with Gasteiger partial charge in [-0.2, -0.15) is 0 Å². The quantitative estimate of drug-likeness (QED) is 0.527. The van der Waals surface area contributed by atoms with Crippen LogP contribution in [0.3, 0.4) is 0 Å². The van der Waals surface area contributed by atoms with E-state index in [1.807, 2.05) is 25.9 Å². The highest BCUT2D eigenvalue weighted by Crippen LogP contribution is 2.30. The summed E-state index contributed by atoms with van der Waals surface area (Å²) in [5.74, 6) is -0.00858. The lowest BCUT2D eigenvalue weighted by Crippen LogP contribution is -2.52. The van der Waals surface area contributed by atoms with Crippen molar-refractivity contribution in [2.24, 2.45) is 17.4 Å². The predicted molar refractivity (Wildman–Crippen MR) is 113 cm³/mol. The Balaban J connectivity index is 1.91. The van der Waals surface area contributed by atoms with Gasteiger partial charge in [0.2, 0.25) is 5.91 Å². The summed E-state index contributed by atoms with van der Waals surface area (Å²) in [7, 11) is 3.87. The van der Waals surface area contributed by atoms with Crippen LogP contribution in [0.1, 0.15) is 36.5 Å². The molecule has 1 aliphatic rings. The zero-order valence-electron chi connectivity index (χ0n) is 17.1. The molecule has 0 bridgehead atoms. The Morgan fingerprint density at radius 3 is 2.54 bits per heavy atom. The van der Waals surface area contributed by atoms with Crippen LogP contribution < -0.4 is 22.1 Å². The van der Waals surface area contributed by atoms with E-state index in [-0.39, 0.29) is 23.4 Å². The van der Waals surface area contributed by atoms with Crippen molar-refractivity contribution in [3.05, 3.63) is 42.0 Å². The summed E-state index contributed by atoms with van der Waals surface area (Å²) in [6.07, 6.45) is 5.76. The van der Waals surface area contributed by atoms with Gasteiger partial charge in [0, 0.05) is 35.5 Å². The van der Waals surface area contributed by atoms with Gasteiger partial charge in [-0.25, -0.2) is 0 Å². The molecule has 3 unspecified atom stereocenters. The molecule has 1 fully saturated rings. The lowest BCUT2D eigenvalue weighted by atomic mass is 9.75. The van der Waals surface area contributed by atoms with Crippen LogP contribution in [-0.2, 0) is 4.79 Å². The second-order valence-electron chi connectivity index (χ2n) is 8.30. The van der Waals surface area contributed by atoms with E-state index in [0.29, 0.717) is 30.3 Å². The van der Waals surface area contributed by atoms with Crippen molar-refractivity contribution < 1.29 is 9.59 Å². The molecule has 1 aromatic rings. The van der Waals surface area contributed by atoms with E-state index < -0.39 is 0 Å². The molecule has 0 aromatic heterocycles. The van der Waals surface area contributed by atoms with Gasteiger partial charge < -0.3 is 27.0 Å². The van der Waals surface area contributed by atoms with Gasteiger partial charge in [0.1, 0.15) is 0 Å². The van der Waals surface area contributed by atoms with Crippen molar-refractivity contribution in [1.29, 1.82) is 0 Å². The fourth-order valence-electron chi connectivity index (χ4n) is 3.69. The molecule has 2 amide bonds. The van der Waals surface area contributed by atoms with Crippen LogP contribution >= 0.6 is 0 Å². The molecule has 3 atom stereocenters. The van der Waals surface area contributed by atoms with Gasteiger partial charge in [-0.1, -0.05) is 6.08 Å². The molecule has 1 aromatic carbocycles. The Morgan fingerprint density at radius 1 is 1.25 bits per heavy atom. The molecular weight excluding hydrogens is 354 g/mol. The number of carbonyl (C=O) groups is 2. The highest BCUT2D eigenvalue weighted by Gasteiger charge is 2.34. The lowest BCUT2D eigenvalue weighted by molar-refractivity contribution is -0.111.